The second kappa shape index (κ2) is 10.1. The lowest BCUT2D eigenvalue weighted by molar-refractivity contribution is 0.0775. The van der Waals surface area contributed by atoms with E-state index in [2.05, 4.69) is 19.7 Å². The summed E-state index contributed by atoms with van der Waals surface area (Å²) in [6, 6.07) is 9.86. The van der Waals surface area contributed by atoms with Crippen LogP contribution in [0.1, 0.15) is 34.6 Å². The minimum absolute atomic E-state index is 0.0316. The Hall–Kier alpha value is -3.56. The standard InChI is InChI=1S/C28H29FN6OS/c1-18-8-10-31-25(12-18)27(36)28-14-20(15-30)24(33-23-6-4-22(29)5-7-23)13-21(28)9-11-35(17-28)37-26-16-32-34(3)19(26)2/h4-8,10,12-13,15-16,30,33H,9,11,14,17H2,1-3H3. The van der Waals surface area contributed by atoms with Crippen molar-refractivity contribution in [2.75, 3.05) is 18.4 Å². The third-order valence-electron chi connectivity index (χ3n) is 7.15. The van der Waals surface area contributed by atoms with Crippen LogP contribution in [0, 0.1) is 30.5 Å². The van der Waals surface area contributed by atoms with E-state index in [1.54, 1.807) is 30.3 Å². The zero-order chi connectivity index (χ0) is 26.2. The molecule has 2 aliphatic rings. The van der Waals surface area contributed by atoms with Gasteiger partial charge in [-0.2, -0.15) is 5.10 Å². The molecule has 37 heavy (non-hydrogen) atoms. The Morgan fingerprint density at radius 1 is 1.24 bits per heavy atom. The predicted octanol–water partition coefficient (Wildman–Crippen LogP) is 5.50. The molecule has 0 amide bonds. The molecule has 0 bridgehead atoms. The van der Waals surface area contributed by atoms with E-state index in [0.29, 0.717) is 25.1 Å². The highest BCUT2D eigenvalue weighted by atomic mass is 32.2. The first kappa shape index (κ1) is 25.1. The lowest BCUT2D eigenvalue weighted by atomic mass is 9.65. The first-order valence-corrected chi connectivity index (χ1v) is 12.9. The number of fused-ring (bicyclic) bond motifs is 1. The number of allylic oxidation sites excluding steroid dienone is 2. The van der Waals surface area contributed by atoms with Gasteiger partial charge in [-0.25, -0.2) is 8.70 Å². The van der Waals surface area contributed by atoms with Crippen molar-refractivity contribution in [3.05, 3.63) is 94.5 Å². The molecular formula is C28H29FN6OS. The number of nitrogens with zero attached hydrogens (tertiary/aromatic N) is 4. The van der Waals surface area contributed by atoms with Gasteiger partial charge in [0.05, 0.1) is 16.5 Å². The average molecular weight is 517 g/mol. The number of anilines is 1. The number of halogens is 1. The van der Waals surface area contributed by atoms with E-state index in [4.69, 9.17) is 5.41 Å². The van der Waals surface area contributed by atoms with Crippen LogP contribution >= 0.6 is 11.9 Å². The van der Waals surface area contributed by atoms with Gasteiger partial charge >= 0.3 is 0 Å². The Labute approximate surface area is 220 Å². The summed E-state index contributed by atoms with van der Waals surface area (Å²) in [5.74, 6) is -0.339. The maximum Gasteiger partial charge on any atom is 0.193 e. The molecule has 1 fully saturated rings. The Morgan fingerprint density at radius 3 is 2.70 bits per heavy atom. The van der Waals surface area contributed by atoms with Gasteiger partial charge in [0.1, 0.15) is 11.5 Å². The summed E-state index contributed by atoms with van der Waals surface area (Å²) in [4.78, 5) is 19.7. The molecule has 1 atom stereocenters. The van der Waals surface area contributed by atoms with Crippen molar-refractivity contribution in [3.8, 4) is 0 Å². The highest BCUT2D eigenvalue weighted by Gasteiger charge is 2.49. The molecule has 7 nitrogen and oxygen atoms in total. The number of rotatable bonds is 7. The first-order chi connectivity index (χ1) is 17.8. The molecule has 1 aromatic carbocycles. The molecule has 1 aliphatic carbocycles. The van der Waals surface area contributed by atoms with Crippen LogP contribution in [0.15, 0.2) is 76.6 Å². The van der Waals surface area contributed by atoms with Crippen molar-refractivity contribution in [3.63, 3.8) is 0 Å². The number of aryl methyl sites for hydroxylation is 2. The zero-order valence-corrected chi connectivity index (χ0v) is 21.9. The van der Waals surface area contributed by atoms with Crippen LogP contribution in [0.2, 0.25) is 0 Å². The Balaban J connectivity index is 1.52. The largest absolute Gasteiger partial charge is 0.355 e. The van der Waals surface area contributed by atoms with E-state index in [1.165, 1.54) is 18.3 Å². The summed E-state index contributed by atoms with van der Waals surface area (Å²) in [6.07, 6.45) is 7.94. The Kier molecular flexibility index (Phi) is 6.83. The van der Waals surface area contributed by atoms with Gasteiger partial charge in [-0.1, -0.05) is 5.57 Å². The van der Waals surface area contributed by atoms with Gasteiger partial charge in [-0.15, -0.1) is 0 Å². The van der Waals surface area contributed by atoms with E-state index in [1.807, 2.05) is 50.0 Å². The van der Waals surface area contributed by atoms with Crippen LogP contribution in [-0.2, 0) is 7.05 Å². The van der Waals surface area contributed by atoms with Gasteiger partial charge in [-0.3, -0.25) is 14.5 Å². The maximum atomic E-state index is 14.2. The molecule has 5 rings (SSSR count). The molecule has 3 heterocycles. The molecule has 2 aromatic heterocycles. The Bertz CT molecular complexity index is 1430. The highest BCUT2D eigenvalue weighted by Crippen LogP contribution is 2.48. The maximum absolute atomic E-state index is 14.2. The lowest BCUT2D eigenvalue weighted by Crippen LogP contribution is -2.49. The minimum atomic E-state index is -0.844. The highest BCUT2D eigenvalue weighted by molar-refractivity contribution is 7.97. The molecule has 0 radical (unpaired) electrons. The summed E-state index contributed by atoms with van der Waals surface area (Å²) >= 11 is 1.62. The number of carbonyl (C=O) groups is 1. The van der Waals surface area contributed by atoms with Crippen molar-refractivity contribution >= 4 is 29.6 Å². The van der Waals surface area contributed by atoms with Crippen LogP contribution in [0.25, 0.3) is 0 Å². The summed E-state index contributed by atoms with van der Waals surface area (Å²) in [6.45, 7) is 5.25. The number of ketones is 1. The summed E-state index contributed by atoms with van der Waals surface area (Å²) in [5.41, 5.74) is 4.88. The number of pyridine rings is 1. The molecule has 190 valence electrons. The fourth-order valence-electron chi connectivity index (χ4n) is 4.96. The molecule has 9 heteroatoms. The van der Waals surface area contributed by atoms with E-state index in [9.17, 15) is 9.18 Å². The normalized spacial score (nSPS) is 19.8. The number of piperidine rings is 1. The van der Waals surface area contributed by atoms with Gasteiger partial charge in [-0.05, 0) is 92.2 Å². The summed E-state index contributed by atoms with van der Waals surface area (Å²) < 4.78 is 17.5. The quantitative estimate of drug-likeness (QED) is 0.245. The van der Waals surface area contributed by atoms with Gasteiger partial charge < -0.3 is 10.7 Å². The number of hydrogen-bond acceptors (Lipinski definition) is 7. The van der Waals surface area contributed by atoms with Gasteiger partial charge in [0.15, 0.2) is 5.78 Å². The topological polar surface area (TPSA) is 86.9 Å². The first-order valence-electron chi connectivity index (χ1n) is 12.2. The number of nitrogens with one attached hydrogen (secondary N) is 2. The monoisotopic (exact) mass is 516 g/mol. The summed E-state index contributed by atoms with van der Waals surface area (Å²) in [5, 5.41) is 15.9. The van der Waals surface area contributed by atoms with Gasteiger partial charge in [0.2, 0.25) is 0 Å². The van der Waals surface area contributed by atoms with E-state index < -0.39 is 5.41 Å². The van der Waals surface area contributed by atoms with Gasteiger partial charge in [0, 0.05) is 49.6 Å². The SMILES string of the molecule is Cc1ccnc(C(=O)C23CC(C=N)=C(Nc4ccc(F)cc4)C=C2CCN(Sc2cnn(C)c2C)C3)c1. The molecule has 0 saturated carbocycles. The summed E-state index contributed by atoms with van der Waals surface area (Å²) in [7, 11) is 1.92. The molecule has 3 aromatic rings. The average Bonchev–Trinajstić information content (AvgIpc) is 3.21. The second-order valence-electron chi connectivity index (χ2n) is 9.61. The molecule has 2 N–H and O–H groups in total. The van der Waals surface area contributed by atoms with E-state index in [-0.39, 0.29) is 11.6 Å². The third-order valence-corrected chi connectivity index (χ3v) is 8.31. The van der Waals surface area contributed by atoms with E-state index in [0.717, 1.165) is 45.2 Å². The molecule has 0 spiro atoms. The van der Waals surface area contributed by atoms with Crippen molar-refractivity contribution in [1.82, 2.24) is 19.1 Å². The van der Waals surface area contributed by atoms with Gasteiger partial charge in [0.25, 0.3) is 0 Å². The third kappa shape index (κ3) is 4.89. The number of hydrogen-bond donors (Lipinski definition) is 2. The molecule has 1 aliphatic heterocycles. The van der Waals surface area contributed by atoms with Crippen molar-refractivity contribution in [2.45, 2.75) is 31.6 Å². The second-order valence-corrected chi connectivity index (χ2v) is 10.8. The zero-order valence-electron chi connectivity index (χ0n) is 21.1. The molecule has 1 saturated heterocycles. The van der Waals surface area contributed by atoms with Crippen molar-refractivity contribution in [2.24, 2.45) is 12.5 Å². The predicted molar refractivity (Wildman–Crippen MR) is 144 cm³/mol. The number of Topliss-reactive ketones (excluding diaryl/α,β-unsaturated/α-hetero) is 1. The van der Waals surface area contributed by atoms with E-state index >= 15 is 0 Å². The lowest BCUT2D eigenvalue weighted by Gasteiger charge is -2.45. The van der Waals surface area contributed by atoms with Crippen LogP contribution < -0.4 is 5.32 Å². The van der Waals surface area contributed by atoms with Crippen LogP contribution in [0.4, 0.5) is 10.1 Å². The fraction of sp³-hybridized carbons (Fsp3) is 0.286. The number of carbonyl (C=O) groups excluding carboxylic acids is 1. The Morgan fingerprint density at radius 2 is 2.03 bits per heavy atom. The van der Waals surface area contributed by atoms with Crippen LogP contribution in [-0.4, -0.2) is 44.2 Å². The smallest absolute Gasteiger partial charge is 0.193 e. The molecule has 1 unspecified atom stereocenters. The minimum Gasteiger partial charge on any atom is -0.355 e. The van der Waals surface area contributed by atoms with Crippen LogP contribution in [0.5, 0.6) is 0 Å². The number of benzene rings is 1. The number of aromatic nitrogens is 3. The van der Waals surface area contributed by atoms with Crippen molar-refractivity contribution < 1.29 is 9.18 Å². The van der Waals surface area contributed by atoms with Crippen molar-refractivity contribution in [1.29, 1.82) is 5.41 Å². The molecular weight excluding hydrogens is 487 g/mol. The van der Waals surface area contributed by atoms with Crippen LogP contribution in [0.3, 0.4) is 0 Å². The fourth-order valence-corrected chi connectivity index (χ4v) is 6.06.